The van der Waals surface area contributed by atoms with Crippen LogP contribution in [0.2, 0.25) is 0 Å². The number of nitrogens with one attached hydrogen (secondary N) is 1. The zero-order chi connectivity index (χ0) is 19.8. The molecule has 0 radical (unpaired) electrons. The van der Waals surface area contributed by atoms with Crippen molar-refractivity contribution in [2.75, 3.05) is 6.61 Å². The Morgan fingerprint density at radius 1 is 0.821 bits per heavy atom. The summed E-state index contributed by atoms with van der Waals surface area (Å²) in [5.74, 6) is -1.36. The highest BCUT2D eigenvalue weighted by atomic mass is 19.1. The minimum absolute atomic E-state index is 0.0456. The predicted molar refractivity (Wildman–Crippen MR) is 105 cm³/mol. The van der Waals surface area contributed by atoms with Crippen molar-refractivity contribution < 1.29 is 18.7 Å². The molecule has 0 fully saturated rings. The van der Waals surface area contributed by atoms with Gasteiger partial charge in [0.25, 0.3) is 5.91 Å². The summed E-state index contributed by atoms with van der Waals surface area (Å²) in [5.41, 5.74) is 3.34. The number of carbonyl (C=O) groups excluding carboxylic acids is 2. The molecule has 1 amide bonds. The summed E-state index contributed by atoms with van der Waals surface area (Å²) < 4.78 is 18.5. The normalized spacial score (nSPS) is 10.3. The second-order valence-corrected chi connectivity index (χ2v) is 6.27. The number of carbonyl (C=O) groups is 2. The molecule has 28 heavy (non-hydrogen) atoms. The monoisotopic (exact) mass is 377 g/mol. The van der Waals surface area contributed by atoms with Gasteiger partial charge < -0.3 is 10.1 Å². The fraction of sp³-hybridized carbons (Fsp3) is 0.130. The van der Waals surface area contributed by atoms with Crippen molar-refractivity contribution >= 4 is 11.9 Å². The Labute approximate surface area is 163 Å². The molecular weight excluding hydrogens is 357 g/mol. The van der Waals surface area contributed by atoms with Gasteiger partial charge in [-0.2, -0.15) is 0 Å². The Kier molecular flexibility index (Phi) is 6.52. The Morgan fingerprint density at radius 2 is 1.46 bits per heavy atom. The van der Waals surface area contributed by atoms with E-state index in [0.29, 0.717) is 5.56 Å². The van der Waals surface area contributed by atoms with Gasteiger partial charge in [0, 0.05) is 12.1 Å². The van der Waals surface area contributed by atoms with Gasteiger partial charge in [-0.05, 0) is 22.8 Å². The first-order chi connectivity index (χ1) is 13.6. The third-order valence-electron chi connectivity index (χ3n) is 4.21. The maximum Gasteiger partial charge on any atom is 0.310 e. The van der Waals surface area contributed by atoms with Gasteiger partial charge in [-0.1, -0.05) is 72.8 Å². The van der Waals surface area contributed by atoms with Crippen molar-refractivity contribution in [1.29, 1.82) is 0 Å². The molecule has 0 aliphatic rings. The molecule has 0 heterocycles. The minimum atomic E-state index is -0.492. The lowest BCUT2D eigenvalue weighted by atomic mass is 10.0. The zero-order valence-corrected chi connectivity index (χ0v) is 15.2. The van der Waals surface area contributed by atoms with E-state index in [1.165, 1.54) is 6.07 Å². The summed E-state index contributed by atoms with van der Waals surface area (Å²) in [6.45, 7) is -0.348. The molecule has 4 nitrogen and oxygen atoms in total. The molecule has 0 saturated carbocycles. The van der Waals surface area contributed by atoms with E-state index in [2.05, 4.69) is 5.32 Å². The van der Waals surface area contributed by atoms with Crippen LogP contribution in [-0.2, 0) is 27.3 Å². The smallest absolute Gasteiger partial charge is 0.310 e. The summed E-state index contributed by atoms with van der Waals surface area (Å²) in [6.07, 6.45) is 0.0790. The fourth-order valence-corrected chi connectivity index (χ4v) is 2.70. The van der Waals surface area contributed by atoms with Crippen LogP contribution in [0.15, 0.2) is 78.9 Å². The summed E-state index contributed by atoms with van der Waals surface area (Å²) in [5, 5.41) is 2.53. The second-order valence-electron chi connectivity index (χ2n) is 6.27. The number of rotatable bonds is 7. The first-order valence-corrected chi connectivity index (χ1v) is 8.92. The van der Waals surface area contributed by atoms with Crippen LogP contribution in [0.25, 0.3) is 11.1 Å². The average molecular weight is 377 g/mol. The number of hydrogen-bond donors (Lipinski definition) is 1. The molecule has 142 valence electrons. The van der Waals surface area contributed by atoms with Crippen LogP contribution in [0.5, 0.6) is 0 Å². The molecule has 0 unspecified atom stereocenters. The van der Waals surface area contributed by atoms with Crippen molar-refractivity contribution in [3.05, 3.63) is 95.8 Å². The number of esters is 1. The Bertz CT molecular complexity index is 940. The van der Waals surface area contributed by atoms with Crippen LogP contribution in [0.4, 0.5) is 4.39 Å². The Hall–Kier alpha value is -3.47. The highest BCUT2D eigenvalue weighted by Gasteiger charge is 2.10. The Balaban J connectivity index is 1.44. The van der Waals surface area contributed by atoms with E-state index in [-0.39, 0.29) is 13.0 Å². The highest BCUT2D eigenvalue weighted by molar-refractivity contribution is 5.81. The van der Waals surface area contributed by atoms with E-state index >= 15 is 0 Å². The van der Waals surface area contributed by atoms with Gasteiger partial charge in [0.05, 0.1) is 6.42 Å². The van der Waals surface area contributed by atoms with Gasteiger partial charge in [-0.25, -0.2) is 4.39 Å². The van der Waals surface area contributed by atoms with Crippen LogP contribution in [0.3, 0.4) is 0 Å². The van der Waals surface area contributed by atoms with Gasteiger partial charge >= 0.3 is 5.97 Å². The lowest BCUT2D eigenvalue weighted by Crippen LogP contribution is -2.29. The van der Waals surface area contributed by atoms with E-state index in [0.717, 1.165) is 16.7 Å². The van der Waals surface area contributed by atoms with Gasteiger partial charge in [0.1, 0.15) is 5.82 Å². The molecule has 5 heteroatoms. The largest absolute Gasteiger partial charge is 0.455 e. The molecule has 0 bridgehead atoms. The first-order valence-electron chi connectivity index (χ1n) is 8.92. The number of ether oxygens (including phenoxy) is 1. The molecule has 1 N–H and O–H groups in total. The SMILES string of the molecule is O=C(COC(=O)Cc1ccc(-c2ccccc2)cc1)NCc1ccccc1F. The van der Waals surface area contributed by atoms with Crippen molar-refractivity contribution in [1.82, 2.24) is 5.32 Å². The summed E-state index contributed by atoms with van der Waals surface area (Å²) in [7, 11) is 0. The van der Waals surface area contributed by atoms with E-state index in [9.17, 15) is 14.0 Å². The molecule has 3 aromatic carbocycles. The maximum atomic E-state index is 13.5. The van der Waals surface area contributed by atoms with Crippen molar-refractivity contribution in [2.24, 2.45) is 0 Å². The average Bonchev–Trinajstić information content (AvgIpc) is 2.73. The molecule has 0 aromatic heterocycles. The number of halogens is 1. The van der Waals surface area contributed by atoms with Gasteiger partial charge in [0.15, 0.2) is 6.61 Å². The quantitative estimate of drug-likeness (QED) is 0.636. The third-order valence-corrected chi connectivity index (χ3v) is 4.21. The molecular formula is C23H20FNO3. The van der Waals surface area contributed by atoms with Gasteiger partial charge in [0.2, 0.25) is 0 Å². The van der Waals surface area contributed by atoms with E-state index in [1.54, 1.807) is 18.2 Å². The van der Waals surface area contributed by atoms with Crippen molar-refractivity contribution in [3.63, 3.8) is 0 Å². The lowest BCUT2D eigenvalue weighted by Gasteiger charge is -2.08. The summed E-state index contributed by atoms with van der Waals surface area (Å²) in [4.78, 5) is 23.7. The van der Waals surface area contributed by atoms with Crippen LogP contribution >= 0.6 is 0 Å². The molecule has 0 saturated heterocycles. The molecule has 0 atom stereocenters. The molecule has 0 aliphatic carbocycles. The van der Waals surface area contributed by atoms with Crippen molar-refractivity contribution in [3.8, 4) is 11.1 Å². The van der Waals surface area contributed by atoms with E-state index < -0.39 is 24.3 Å². The van der Waals surface area contributed by atoms with Crippen molar-refractivity contribution in [2.45, 2.75) is 13.0 Å². The maximum absolute atomic E-state index is 13.5. The first kappa shape index (κ1) is 19.3. The van der Waals surface area contributed by atoms with Gasteiger partial charge in [-0.15, -0.1) is 0 Å². The highest BCUT2D eigenvalue weighted by Crippen LogP contribution is 2.19. The van der Waals surface area contributed by atoms with Gasteiger partial charge in [-0.3, -0.25) is 9.59 Å². The number of benzene rings is 3. The van der Waals surface area contributed by atoms with Crippen LogP contribution in [-0.4, -0.2) is 18.5 Å². The molecule has 0 aliphatic heterocycles. The lowest BCUT2D eigenvalue weighted by molar-refractivity contribution is -0.147. The van der Waals surface area contributed by atoms with Crippen LogP contribution in [0.1, 0.15) is 11.1 Å². The number of hydrogen-bond acceptors (Lipinski definition) is 3. The summed E-state index contributed by atoms with van der Waals surface area (Å²) >= 11 is 0. The standard InChI is InChI=1S/C23H20FNO3/c24-21-9-5-4-8-20(21)15-25-22(26)16-28-23(27)14-17-10-12-19(13-11-17)18-6-2-1-3-7-18/h1-13H,14-16H2,(H,25,26). The van der Waals surface area contributed by atoms with Crippen LogP contribution in [0, 0.1) is 5.82 Å². The third kappa shape index (κ3) is 5.51. The van der Waals surface area contributed by atoms with E-state index in [4.69, 9.17) is 4.74 Å². The van der Waals surface area contributed by atoms with E-state index in [1.807, 2.05) is 54.6 Å². The zero-order valence-electron chi connectivity index (χ0n) is 15.2. The minimum Gasteiger partial charge on any atom is -0.455 e. The second kappa shape index (κ2) is 9.46. The molecule has 0 spiro atoms. The predicted octanol–water partition coefficient (Wildman–Crippen LogP) is 3.89. The fourth-order valence-electron chi connectivity index (χ4n) is 2.70. The number of amides is 1. The van der Waals surface area contributed by atoms with Crippen LogP contribution < -0.4 is 5.32 Å². The topological polar surface area (TPSA) is 55.4 Å². The Morgan fingerprint density at radius 3 is 2.18 bits per heavy atom. The molecule has 3 rings (SSSR count). The summed E-state index contributed by atoms with van der Waals surface area (Å²) in [6, 6.07) is 23.7. The molecule has 3 aromatic rings.